The molecule has 3 aromatic carbocycles. The van der Waals surface area contributed by atoms with Crippen LogP contribution in [0.2, 0.25) is 0 Å². The minimum Gasteiger partial charge on any atom is -0.506 e. The Hall–Kier alpha value is -4.28. The first-order valence-electron chi connectivity index (χ1n) is 12.8. The zero-order valence-electron chi connectivity index (χ0n) is 22.2. The fourth-order valence-electron chi connectivity index (χ4n) is 4.95. The third kappa shape index (κ3) is 5.40. The molecule has 6 aromatic rings. The topological polar surface area (TPSA) is 58.9 Å². The summed E-state index contributed by atoms with van der Waals surface area (Å²) in [5, 5.41) is 15.5. The molecule has 6 rings (SSSR count). The van der Waals surface area contributed by atoms with E-state index in [9.17, 15) is 13.9 Å². The van der Waals surface area contributed by atoms with Crippen molar-refractivity contribution in [1.29, 1.82) is 0 Å². The number of nitrogens with zero attached hydrogens (tertiary/aromatic N) is 3. The number of benzene rings is 3. The molecule has 0 amide bonds. The smallest absolute Gasteiger partial charge is 0.141 e. The Morgan fingerprint density at radius 2 is 1.39 bits per heavy atom. The number of aliphatic hydroxyl groups is 1. The summed E-state index contributed by atoms with van der Waals surface area (Å²) in [5.41, 5.74) is 2.19. The van der Waals surface area contributed by atoms with Crippen LogP contribution in [0.25, 0.3) is 44.6 Å². The Morgan fingerprint density at radius 1 is 0.780 bits per heavy atom. The molecule has 0 aliphatic carbocycles. The van der Waals surface area contributed by atoms with Crippen molar-refractivity contribution in [3.63, 3.8) is 0 Å². The first kappa shape index (κ1) is 28.3. The van der Waals surface area contributed by atoms with Crippen LogP contribution >= 0.6 is 0 Å². The molecule has 41 heavy (non-hydrogen) atoms. The van der Waals surface area contributed by atoms with Gasteiger partial charge in [0.25, 0.3) is 0 Å². The number of hydrogen-bond acceptors (Lipinski definition) is 4. The summed E-state index contributed by atoms with van der Waals surface area (Å²) in [5.74, 6) is -1.88. The van der Waals surface area contributed by atoms with E-state index in [0.29, 0.717) is 17.1 Å². The largest absolute Gasteiger partial charge is 0.506 e. The van der Waals surface area contributed by atoms with Gasteiger partial charge in [0.2, 0.25) is 0 Å². The molecule has 4 nitrogen and oxygen atoms in total. The number of aromatic nitrogens is 3. The van der Waals surface area contributed by atoms with Gasteiger partial charge in [-0.3, -0.25) is 4.98 Å². The number of fused-ring (bicyclic) bond motifs is 2. The predicted octanol–water partition coefficient (Wildman–Crippen LogP) is 8.30. The molecule has 0 radical (unpaired) electrons. The van der Waals surface area contributed by atoms with Crippen LogP contribution in [-0.2, 0) is 26.5 Å². The molecule has 0 bridgehead atoms. The van der Waals surface area contributed by atoms with Gasteiger partial charge in [-0.25, -0.2) is 13.8 Å². The molecular formula is C34H24F2N3OPt-. The summed E-state index contributed by atoms with van der Waals surface area (Å²) in [7, 11) is 0. The molecule has 3 heterocycles. The fraction of sp³-hybridized carbons (Fsp3) is 0.0882. The van der Waals surface area contributed by atoms with Gasteiger partial charge in [-0.2, -0.15) is 0 Å². The van der Waals surface area contributed by atoms with Crippen LogP contribution in [0, 0.1) is 18.0 Å². The molecule has 0 aliphatic rings. The van der Waals surface area contributed by atoms with E-state index in [2.05, 4.69) is 34.2 Å². The van der Waals surface area contributed by atoms with Crippen LogP contribution in [0.5, 0.6) is 0 Å². The van der Waals surface area contributed by atoms with E-state index < -0.39 is 17.3 Å². The molecule has 0 fully saturated rings. The Labute approximate surface area is 250 Å². The van der Waals surface area contributed by atoms with Gasteiger partial charge in [0.15, 0.2) is 0 Å². The molecular weight excluding hydrogens is 699 g/mol. The third-order valence-corrected chi connectivity index (χ3v) is 7.14. The molecule has 0 spiro atoms. The second kappa shape index (κ2) is 11.3. The van der Waals surface area contributed by atoms with Crippen molar-refractivity contribution in [3.05, 3.63) is 138 Å². The van der Waals surface area contributed by atoms with Crippen LogP contribution in [0.3, 0.4) is 0 Å². The normalized spacial score (nSPS) is 12.0. The van der Waals surface area contributed by atoms with Crippen molar-refractivity contribution in [2.45, 2.75) is 19.3 Å². The Balaban J connectivity index is 0.00000337. The fourth-order valence-corrected chi connectivity index (χ4v) is 4.95. The van der Waals surface area contributed by atoms with Crippen molar-refractivity contribution < 1.29 is 35.0 Å². The van der Waals surface area contributed by atoms with Crippen molar-refractivity contribution in [1.82, 2.24) is 15.0 Å². The zero-order valence-corrected chi connectivity index (χ0v) is 24.4. The summed E-state index contributed by atoms with van der Waals surface area (Å²) in [6.45, 7) is 3.90. The quantitative estimate of drug-likeness (QED) is 0.0842. The van der Waals surface area contributed by atoms with Gasteiger partial charge in [0, 0.05) is 32.2 Å². The van der Waals surface area contributed by atoms with Crippen LogP contribution in [-0.4, -0.2) is 20.1 Å². The SMILES string of the molecule is CC(C)(c1cccc(/C(O)=C/c2c3ccccc3cc3ccccc23)n1)c1cccc(-c2[c-]cc(F)nc2F)n1.[Pt]. The monoisotopic (exact) mass is 723 g/mol. The van der Waals surface area contributed by atoms with E-state index in [1.165, 1.54) is 0 Å². The van der Waals surface area contributed by atoms with Gasteiger partial charge < -0.3 is 10.1 Å². The van der Waals surface area contributed by atoms with E-state index in [1.54, 1.807) is 24.3 Å². The molecule has 1 N–H and O–H groups in total. The van der Waals surface area contributed by atoms with Crippen molar-refractivity contribution in [3.8, 4) is 11.3 Å². The van der Waals surface area contributed by atoms with Gasteiger partial charge in [0.05, 0.1) is 5.69 Å². The number of halogens is 2. The van der Waals surface area contributed by atoms with E-state index >= 15 is 0 Å². The van der Waals surface area contributed by atoms with E-state index in [4.69, 9.17) is 4.98 Å². The van der Waals surface area contributed by atoms with Gasteiger partial charge in [-0.1, -0.05) is 78.4 Å². The molecule has 206 valence electrons. The van der Waals surface area contributed by atoms with Gasteiger partial charge in [-0.05, 0) is 77.0 Å². The first-order valence-corrected chi connectivity index (χ1v) is 12.8. The van der Waals surface area contributed by atoms with Crippen molar-refractivity contribution in [2.24, 2.45) is 0 Å². The van der Waals surface area contributed by atoms with Crippen molar-refractivity contribution in [2.75, 3.05) is 0 Å². The number of rotatable bonds is 5. The summed E-state index contributed by atoms with van der Waals surface area (Å²) < 4.78 is 27.6. The predicted molar refractivity (Wildman–Crippen MR) is 155 cm³/mol. The Morgan fingerprint density at radius 3 is 2.05 bits per heavy atom. The average Bonchev–Trinajstić information content (AvgIpc) is 2.97. The summed E-state index contributed by atoms with van der Waals surface area (Å²) in [4.78, 5) is 12.7. The number of pyridine rings is 3. The van der Waals surface area contributed by atoms with Gasteiger partial charge in [0.1, 0.15) is 23.3 Å². The second-order valence-corrected chi connectivity index (χ2v) is 10.1. The zero-order chi connectivity index (χ0) is 27.9. The van der Waals surface area contributed by atoms with E-state index in [-0.39, 0.29) is 38.1 Å². The number of aliphatic hydroxyl groups excluding tert-OH is 1. The van der Waals surface area contributed by atoms with E-state index in [1.807, 2.05) is 68.4 Å². The maximum Gasteiger partial charge on any atom is 0.141 e. The summed E-state index contributed by atoms with van der Waals surface area (Å²) in [6.07, 6.45) is 1.77. The number of hydrogen-bond donors (Lipinski definition) is 1. The maximum absolute atomic E-state index is 14.3. The second-order valence-electron chi connectivity index (χ2n) is 10.1. The first-order chi connectivity index (χ1) is 19.3. The molecule has 0 saturated carbocycles. The van der Waals surface area contributed by atoms with Crippen LogP contribution in [0.1, 0.15) is 36.5 Å². The molecule has 3 aromatic heterocycles. The third-order valence-electron chi connectivity index (χ3n) is 7.14. The molecule has 0 atom stereocenters. The standard InChI is InChI=1S/C34H24F2N3O.Pt/c1-34(2,30-15-7-13-27(37-30)25-17-18-32(35)39-33(25)36)31-16-8-14-28(38-31)29(40)20-26-23-11-5-3-9-21(23)19-22-10-4-6-12-24(22)26;/h3-16,18-20,40H,1-2H3;/q-1;/b29-20-;. The molecule has 7 heteroatoms. The van der Waals surface area contributed by atoms with Gasteiger partial charge in [-0.15, -0.1) is 6.07 Å². The summed E-state index contributed by atoms with van der Waals surface area (Å²) in [6, 6.07) is 32.6. The van der Waals surface area contributed by atoms with Crippen LogP contribution < -0.4 is 0 Å². The maximum atomic E-state index is 14.3. The molecule has 0 aliphatic heterocycles. The minimum atomic E-state index is -0.974. The minimum absolute atomic E-state index is 0. The molecule has 0 saturated heterocycles. The Kier molecular flexibility index (Phi) is 7.79. The summed E-state index contributed by atoms with van der Waals surface area (Å²) >= 11 is 0. The molecule has 0 unspecified atom stereocenters. The Bertz CT molecular complexity index is 1880. The van der Waals surface area contributed by atoms with Crippen LogP contribution in [0.15, 0.2) is 97.1 Å². The van der Waals surface area contributed by atoms with Crippen LogP contribution in [0.4, 0.5) is 8.78 Å². The van der Waals surface area contributed by atoms with Crippen molar-refractivity contribution >= 4 is 33.4 Å². The van der Waals surface area contributed by atoms with Gasteiger partial charge >= 0.3 is 0 Å². The van der Waals surface area contributed by atoms with E-state index in [0.717, 1.165) is 33.2 Å². The average molecular weight is 724 g/mol.